The Morgan fingerprint density at radius 2 is 2.00 bits per heavy atom. The SMILES string of the molecule is CCC(C)NC(CO)c1cccc(OC(C)C)c1. The van der Waals surface area contributed by atoms with Crippen LogP contribution < -0.4 is 10.1 Å². The van der Waals surface area contributed by atoms with Gasteiger partial charge in [0.15, 0.2) is 0 Å². The van der Waals surface area contributed by atoms with Crippen LogP contribution in [0.15, 0.2) is 24.3 Å². The van der Waals surface area contributed by atoms with Crippen LogP contribution in [0, 0.1) is 0 Å². The van der Waals surface area contributed by atoms with Crippen molar-refractivity contribution in [1.29, 1.82) is 0 Å². The van der Waals surface area contributed by atoms with Crippen molar-refractivity contribution in [2.75, 3.05) is 6.61 Å². The Morgan fingerprint density at radius 3 is 2.56 bits per heavy atom. The maximum absolute atomic E-state index is 9.49. The Balaban J connectivity index is 2.79. The van der Waals surface area contributed by atoms with Gasteiger partial charge in [0.25, 0.3) is 0 Å². The average molecular weight is 251 g/mol. The molecule has 0 aliphatic rings. The molecule has 18 heavy (non-hydrogen) atoms. The van der Waals surface area contributed by atoms with Gasteiger partial charge < -0.3 is 15.2 Å². The van der Waals surface area contributed by atoms with Gasteiger partial charge in [0.2, 0.25) is 0 Å². The molecule has 0 radical (unpaired) electrons. The maximum atomic E-state index is 9.49. The van der Waals surface area contributed by atoms with Crippen LogP contribution in [0.4, 0.5) is 0 Å². The van der Waals surface area contributed by atoms with Crippen LogP contribution in [0.2, 0.25) is 0 Å². The maximum Gasteiger partial charge on any atom is 0.120 e. The minimum absolute atomic E-state index is 0.0318. The van der Waals surface area contributed by atoms with Gasteiger partial charge in [0.1, 0.15) is 5.75 Å². The number of nitrogens with one attached hydrogen (secondary N) is 1. The molecule has 0 saturated carbocycles. The summed E-state index contributed by atoms with van der Waals surface area (Å²) in [5.74, 6) is 0.854. The van der Waals surface area contributed by atoms with Crippen molar-refractivity contribution in [2.24, 2.45) is 0 Å². The first-order valence-electron chi connectivity index (χ1n) is 6.70. The van der Waals surface area contributed by atoms with Gasteiger partial charge >= 0.3 is 0 Å². The van der Waals surface area contributed by atoms with E-state index in [-0.39, 0.29) is 18.8 Å². The van der Waals surface area contributed by atoms with Crippen molar-refractivity contribution >= 4 is 0 Å². The lowest BCUT2D eigenvalue weighted by atomic mass is 10.1. The van der Waals surface area contributed by atoms with Crippen LogP contribution in [-0.2, 0) is 0 Å². The van der Waals surface area contributed by atoms with E-state index in [4.69, 9.17) is 4.74 Å². The van der Waals surface area contributed by atoms with Crippen molar-refractivity contribution in [2.45, 2.75) is 52.3 Å². The first-order chi connectivity index (χ1) is 8.56. The summed E-state index contributed by atoms with van der Waals surface area (Å²) < 4.78 is 5.67. The van der Waals surface area contributed by atoms with Crippen molar-refractivity contribution in [3.63, 3.8) is 0 Å². The van der Waals surface area contributed by atoms with E-state index in [0.29, 0.717) is 6.04 Å². The average Bonchev–Trinajstić information content (AvgIpc) is 2.35. The van der Waals surface area contributed by atoms with E-state index in [1.165, 1.54) is 0 Å². The van der Waals surface area contributed by atoms with Crippen LogP contribution in [0.1, 0.15) is 45.7 Å². The lowest BCUT2D eigenvalue weighted by Gasteiger charge is -2.22. The fraction of sp³-hybridized carbons (Fsp3) is 0.600. The summed E-state index contributed by atoms with van der Waals surface area (Å²) in [7, 11) is 0. The zero-order valence-corrected chi connectivity index (χ0v) is 11.8. The first kappa shape index (κ1) is 15.0. The Kier molecular flexibility index (Phi) is 6.16. The lowest BCUT2D eigenvalue weighted by Crippen LogP contribution is -2.32. The molecule has 0 amide bonds. The van der Waals surface area contributed by atoms with E-state index >= 15 is 0 Å². The molecule has 0 spiro atoms. The van der Waals surface area contributed by atoms with E-state index in [2.05, 4.69) is 19.2 Å². The normalized spacial score (nSPS) is 14.6. The molecule has 0 fully saturated rings. The van der Waals surface area contributed by atoms with Crippen LogP contribution in [0.3, 0.4) is 0 Å². The third-order valence-corrected chi connectivity index (χ3v) is 2.91. The predicted molar refractivity (Wildman–Crippen MR) is 74.9 cm³/mol. The molecule has 102 valence electrons. The molecular formula is C15H25NO2. The highest BCUT2D eigenvalue weighted by atomic mass is 16.5. The quantitative estimate of drug-likeness (QED) is 0.783. The molecule has 0 saturated heterocycles. The largest absolute Gasteiger partial charge is 0.491 e. The molecule has 2 N–H and O–H groups in total. The molecule has 0 heterocycles. The van der Waals surface area contributed by atoms with Crippen molar-refractivity contribution < 1.29 is 9.84 Å². The zero-order chi connectivity index (χ0) is 13.5. The molecule has 1 aromatic rings. The molecule has 3 heteroatoms. The van der Waals surface area contributed by atoms with Crippen LogP contribution in [0.25, 0.3) is 0 Å². The molecule has 1 rings (SSSR count). The van der Waals surface area contributed by atoms with E-state index in [1.54, 1.807) is 0 Å². The fourth-order valence-electron chi connectivity index (χ4n) is 1.79. The lowest BCUT2D eigenvalue weighted by molar-refractivity contribution is 0.230. The van der Waals surface area contributed by atoms with Gasteiger partial charge in [0.05, 0.1) is 18.8 Å². The van der Waals surface area contributed by atoms with E-state index < -0.39 is 0 Å². The van der Waals surface area contributed by atoms with Gasteiger partial charge in [-0.3, -0.25) is 0 Å². The Hall–Kier alpha value is -1.06. The number of aliphatic hydroxyl groups is 1. The Bertz CT molecular complexity index is 352. The molecule has 1 aromatic carbocycles. The zero-order valence-electron chi connectivity index (χ0n) is 11.8. The second kappa shape index (κ2) is 7.39. The van der Waals surface area contributed by atoms with Crippen LogP contribution >= 0.6 is 0 Å². The standard InChI is InChI=1S/C15H25NO2/c1-5-12(4)16-15(10-17)13-7-6-8-14(9-13)18-11(2)3/h6-9,11-12,15-17H,5,10H2,1-4H3. The Labute approximate surface area is 110 Å². The van der Waals surface area contributed by atoms with E-state index in [0.717, 1.165) is 17.7 Å². The highest BCUT2D eigenvalue weighted by Gasteiger charge is 2.13. The van der Waals surface area contributed by atoms with Crippen LogP contribution in [-0.4, -0.2) is 23.9 Å². The van der Waals surface area contributed by atoms with Gasteiger partial charge in [-0.05, 0) is 44.9 Å². The van der Waals surface area contributed by atoms with Gasteiger partial charge in [-0.25, -0.2) is 0 Å². The monoisotopic (exact) mass is 251 g/mol. The third-order valence-electron chi connectivity index (χ3n) is 2.91. The van der Waals surface area contributed by atoms with E-state index in [9.17, 15) is 5.11 Å². The number of hydrogen-bond acceptors (Lipinski definition) is 3. The molecule has 0 aliphatic heterocycles. The summed E-state index contributed by atoms with van der Waals surface area (Å²) in [4.78, 5) is 0. The third kappa shape index (κ3) is 4.67. The van der Waals surface area contributed by atoms with Gasteiger partial charge in [0, 0.05) is 6.04 Å². The number of rotatable bonds is 7. The molecule has 2 unspecified atom stereocenters. The molecule has 0 aliphatic carbocycles. The second-order valence-corrected chi connectivity index (χ2v) is 4.95. The summed E-state index contributed by atoms with van der Waals surface area (Å²) >= 11 is 0. The second-order valence-electron chi connectivity index (χ2n) is 4.95. The van der Waals surface area contributed by atoms with Gasteiger partial charge in [-0.1, -0.05) is 19.1 Å². The highest BCUT2D eigenvalue weighted by molar-refractivity contribution is 5.30. The predicted octanol–water partition coefficient (Wildman–Crippen LogP) is 2.90. The topological polar surface area (TPSA) is 41.5 Å². The number of benzene rings is 1. The number of ether oxygens (including phenoxy) is 1. The summed E-state index contributed by atoms with van der Waals surface area (Å²) in [5, 5.41) is 12.9. The van der Waals surface area contributed by atoms with E-state index in [1.807, 2.05) is 38.1 Å². The highest BCUT2D eigenvalue weighted by Crippen LogP contribution is 2.20. The summed E-state index contributed by atoms with van der Waals surface area (Å²) in [6.07, 6.45) is 1.20. The summed E-state index contributed by atoms with van der Waals surface area (Å²) in [6, 6.07) is 8.28. The van der Waals surface area contributed by atoms with Crippen molar-refractivity contribution in [3.05, 3.63) is 29.8 Å². The fourth-order valence-corrected chi connectivity index (χ4v) is 1.79. The van der Waals surface area contributed by atoms with Crippen molar-refractivity contribution in [3.8, 4) is 5.75 Å². The van der Waals surface area contributed by atoms with Crippen LogP contribution in [0.5, 0.6) is 5.75 Å². The molecule has 2 atom stereocenters. The number of hydrogen-bond donors (Lipinski definition) is 2. The van der Waals surface area contributed by atoms with Gasteiger partial charge in [-0.15, -0.1) is 0 Å². The Morgan fingerprint density at radius 1 is 1.28 bits per heavy atom. The first-order valence-corrected chi connectivity index (χ1v) is 6.70. The minimum Gasteiger partial charge on any atom is -0.491 e. The molecule has 3 nitrogen and oxygen atoms in total. The summed E-state index contributed by atoms with van der Waals surface area (Å²) in [5.41, 5.74) is 1.07. The van der Waals surface area contributed by atoms with Crippen molar-refractivity contribution in [1.82, 2.24) is 5.32 Å². The molecule has 0 bridgehead atoms. The summed E-state index contributed by atoms with van der Waals surface area (Å²) in [6.45, 7) is 8.36. The van der Waals surface area contributed by atoms with Gasteiger partial charge in [-0.2, -0.15) is 0 Å². The molecular weight excluding hydrogens is 226 g/mol. The minimum atomic E-state index is -0.0318. The number of aliphatic hydroxyl groups excluding tert-OH is 1. The smallest absolute Gasteiger partial charge is 0.120 e. The molecule has 0 aromatic heterocycles.